The van der Waals surface area contributed by atoms with E-state index in [4.69, 9.17) is 13.7 Å². The van der Waals surface area contributed by atoms with Gasteiger partial charge in [-0.1, -0.05) is 5.21 Å². The Morgan fingerprint density at radius 1 is 1.15 bits per heavy atom. The molecule has 0 saturated carbocycles. The molecule has 41 heavy (non-hydrogen) atoms. The summed E-state index contributed by atoms with van der Waals surface area (Å²) in [6, 6.07) is 4.74. The lowest BCUT2D eigenvalue weighted by Gasteiger charge is -2.41. The summed E-state index contributed by atoms with van der Waals surface area (Å²) in [5, 5.41) is 13.0. The summed E-state index contributed by atoms with van der Waals surface area (Å²) in [7, 11) is -3.93. The molecule has 1 atom stereocenters. The molecule has 2 aliphatic heterocycles. The fourth-order valence-electron chi connectivity index (χ4n) is 5.29. The van der Waals surface area contributed by atoms with E-state index >= 15 is 0 Å². The van der Waals surface area contributed by atoms with Crippen molar-refractivity contribution in [3.05, 3.63) is 59.8 Å². The van der Waals surface area contributed by atoms with Gasteiger partial charge >= 0.3 is 0 Å². The molecule has 6 heterocycles. The maximum absolute atomic E-state index is 14.8. The van der Waals surface area contributed by atoms with E-state index in [1.54, 1.807) is 12.3 Å². The summed E-state index contributed by atoms with van der Waals surface area (Å²) >= 11 is 0. The Labute approximate surface area is 235 Å². The first-order valence-electron chi connectivity index (χ1n) is 13.2. The molecule has 2 saturated heterocycles. The third-order valence-corrected chi connectivity index (χ3v) is 8.06. The molecule has 0 spiro atoms. The van der Waals surface area contributed by atoms with Gasteiger partial charge in [0.1, 0.15) is 29.4 Å². The van der Waals surface area contributed by atoms with Crippen LogP contribution in [0.4, 0.5) is 8.78 Å². The molecule has 0 radical (unpaired) electrons. The number of nitrogens with zero attached hydrogens (tertiary/aromatic N) is 7. The predicted octanol–water partition coefficient (Wildman–Crippen LogP) is 2.71. The van der Waals surface area contributed by atoms with Gasteiger partial charge in [0.25, 0.3) is 10.1 Å². The van der Waals surface area contributed by atoms with Gasteiger partial charge in [0.05, 0.1) is 55.3 Å². The molecular formula is C26H29F2N7O5S. The fraction of sp³-hybridized carbons (Fsp3) is 0.462. The highest BCUT2D eigenvalue weighted by Crippen LogP contribution is 2.33. The molecule has 0 N–H and O–H groups in total. The number of piperidine rings is 1. The van der Waals surface area contributed by atoms with Crippen LogP contribution in [0.15, 0.2) is 36.8 Å². The second kappa shape index (κ2) is 11.0. The van der Waals surface area contributed by atoms with Crippen molar-refractivity contribution in [1.82, 2.24) is 34.5 Å². The Balaban J connectivity index is 1.27. The van der Waals surface area contributed by atoms with Gasteiger partial charge in [-0.05, 0) is 38.0 Å². The fourth-order valence-corrected chi connectivity index (χ4v) is 5.86. The van der Waals surface area contributed by atoms with Crippen molar-refractivity contribution in [3.8, 4) is 17.0 Å². The van der Waals surface area contributed by atoms with Crippen molar-refractivity contribution in [2.75, 3.05) is 39.2 Å². The van der Waals surface area contributed by atoms with Crippen LogP contribution in [0.25, 0.3) is 16.8 Å². The summed E-state index contributed by atoms with van der Waals surface area (Å²) in [6.45, 7) is 5.09. The van der Waals surface area contributed by atoms with Crippen LogP contribution in [0.2, 0.25) is 0 Å². The Morgan fingerprint density at radius 3 is 2.59 bits per heavy atom. The zero-order valence-electron chi connectivity index (χ0n) is 22.5. The Bertz CT molecular complexity index is 1650. The second-order valence-electron chi connectivity index (χ2n) is 10.3. The molecular weight excluding hydrogens is 560 g/mol. The average molecular weight is 590 g/mol. The van der Waals surface area contributed by atoms with Crippen LogP contribution in [-0.4, -0.2) is 88.1 Å². The summed E-state index contributed by atoms with van der Waals surface area (Å²) in [5.41, 5.74) is 2.21. The van der Waals surface area contributed by atoms with Crippen molar-refractivity contribution >= 4 is 15.6 Å². The third-order valence-electron chi connectivity index (χ3n) is 7.48. The minimum atomic E-state index is -3.93. The standard InChI is InChI=1S/C26H29F2N7O5S/c1-16-25(31-32-35(16)19-5-7-33(8-6-19)20-13-38-14-20)17-9-23(26-21(28)11-30-34(26)12-17)39-15-24(40-41(2,36)37)22-4-3-18(27)10-29-22/h3-4,9-12,19-20,24H,5-8,13-15H2,1-2H3. The number of pyridine rings is 2. The van der Waals surface area contributed by atoms with Crippen molar-refractivity contribution in [3.63, 3.8) is 0 Å². The largest absolute Gasteiger partial charge is 0.488 e. The summed E-state index contributed by atoms with van der Waals surface area (Å²) < 4.78 is 71.7. The van der Waals surface area contributed by atoms with Crippen LogP contribution in [0, 0.1) is 18.6 Å². The first-order chi connectivity index (χ1) is 19.7. The van der Waals surface area contributed by atoms with Crippen molar-refractivity contribution in [2.24, 2.45) is 0 Å². The lowest BCUT2D eigenvalue weighted by atomic mass is 10.0. The highest BCUT2D eigenvalue weighted by atomic mass is 32.2. The van der Waals surface area contributed by atoms with Gasteiger partial charge in [0, 0.05) is 24.8 Å². The number of likely N-dealkylation sites (tertiary alicyclic amines) is 1. The predicted molar refractivity (Wildman–Crippen MR) is 142 cm³/mol. The van der Waals surface area contributed by atoms with Crippen LogP contribution in [-0.2, 0) is 19.0 Å². The molecule has 12 nitrogen and oxygen atoms in total. The monoisotopic (exact) mass is 589 g/mol. The molecule has 0 bridgehead atoms. The maximum atomic E-state index is 14.8. The first kappa shape index (κ1) is 27.6. The number of aromatic nitrogens is 6. The molecule has 0 amide bonds. The molecule has 1 unspecified atom stereocenters. The number of hydrogen-bond acceptors (Lipinski definition) is 10. The molecule has 15 heteroatoms. The molecule has 2 aliphatic rings. The van der Waals surface area contributed by atoms with E-state index in [-0.39, 0.29) is 29.6 Å². The molecule has 0 aromatic carbocycles. The first-order valence-corrected chi connectivity index (χ1v) is 15.0. The number of hydrogen-bond donors (Lipinski definition) is 0. The van der Waals surface area contributed by atoms with Gasteiger partial charge in [-0.2, -0.15) is 13.5 Å². The topological polar surface area (TPSA) is 126 Å². The van der Waals surface area contributed by atoms with E-state index < -0.39 is 27.9 Å². The Morgan fingerprint density at radius 2 is 1.93 bits per heavy atom. The van der Waals surface area contributed by atoms with Crippen LogP contribution < -0.4 is 4.74 Å². The lowest BCUT2D eigenvalue weighted by molar-refractivity contribution is -0.0735. The minimum Gasteiger partial charge on any atom is -0.488 e. The Hall–Kier alpha value is -3.53. The molecule has 4 aromatic rings. The zero-order valence-corrected chi connectivity index (χ0v) is 23.3. The SMILES string of the molecule is Cc1c(-c2cc(OCC(OS(C)(=O)=O)c3ccc(F)cn3)c3c(F)cnn3c2)nnn1C1CCN(C2COC2)CC1. The van der Waals surface area contributed by atoms with Gasteiger partial charge in [0.2, 0.25) is 0 Å². The summed E-state index contributed by atoms with van der Waals surface area (Å²) in [4.78, 5) is 6.38. The van der Waals surface area contributed by atoms with E-state index in [2.05, 4.69) is 25.3 Å². The summed E-state index contributed by atoms with van der Waals surface area (Å²) in [5.74, 6) is -1.13. The van der Waals surface area contributed by atoms with E-state index in [1.165, 1.54) is 10.6 Å². The normalized spacial score (nSPS) is 18.0. The van der Waals surface area contributed by atoms with Crippen molar-refractivity contribution in [2.45, 2.75) is 38.0 Å². The number of halogens is 2. The van der Waals surface area contributed by atoms with Gasteiger partial charge in [0.15, 0.2) is 11.9 Å². The summed E-state index contributed by atoms with van der Waals surface area (Å²) in [6.07, 6.45) is 5.20. The molecule has 218 valence electrons. The van der Waals surface area contributed by atoms with E-state index in [9.17, 15) is 17.2 Å². The smallest absolute Gasteiger partial charge is 0.265 e. The quantitative estimate of drug-likeness (QED) is 0.269. The number of ether oxygens (including phenoxy) is 2. The van der Waals surface area contributed by atoms with Crippen LogP contribution in [0.5, 0.6) is 5.75 Å². The number of rotatable bonds is 9. The second-order valence-corrected chi connectivity index (χ2v) is 11.9. The maximum Gasteiger partial charge on any atom is 0.265 e. The molecule has 0 aliphatic carbocycles. The van der Waals surface area contributed by atoms with Crippen LogP contribution >= 0.6 is 0 Å². The third kappa shape index (κ3) is 5.80. The molecule has 4 aromatic heterocycles. The van der Waals surface area contributed by atoms with Gasteiger partial charge in [-0.15, -0.1) is 5.10 Å². The highest BCUT2D eigenvalue weighted by molar-refractivity contribution is 7.86. The van der Waals surface area contributed by atoms with Crippen molar-refractivity contribution < 1.29 is 30.9 Å². The lowest BCUT2D eigenvalue weighted by Crippen LogP contribution is -2.52. The van der Waals surface area contributed by atoms with E-state index in [0.29, 0.717) is 17.3 Å². The zero-order chi connectivity index (χ0) is 28.7. The van der Waals surface area contributed by atoms with Crippen LogP contribution in [0.1, 0.15) is 36.4 Å². The number of fused-ring (bicyclic) bond motifs is 1. The highest BCUT2D eigenvalue weighted by Gasteiger charge is 2.31. The van der Waals surface area contributed by atoms with Crippen molar-refractivity contribution in [1.29, 1.82) is 0 Å². The molecule has 2 fully saturated rings. The Kier molecular flexibility index (Phi) is 7.44. The van der Waals surface area contributed by atoms with Gasteiger partial charge in [-0.3, -0.25) is 14.1 Å². The van der Waals surface area contributed by atoms with E-state index in [1.807, 2.05) is 11.6 Å². The average Bonchev–Trinajstić information content (AvgIpc) is 3.48. The van der Waals surface area contributed by atoms with Gasteiger partial charge in [-0.25, -0.2) is 18.0 Å². The van der Waals surface area contributed by atoms with E-state index in [0.717, 1.165) is 69.6 Å². The molecule has 6 rings (SSSR count). The van der Waals surface area contributed by atoms with Crippen LogP contribution in [0.3, 0.4) is 0 Å². The van der Waals surface area contributed by atoms with Gasteiger partial charge < -0.3 is 9.47 Å². The minimum absolute atomic E-state index is 0.0521.